The van der Waals surface area contributed by atoms with Gasteiger partial charge in [0, 0.05) is 11.8 Å². The summed E-state index contributed by atoms with van der Waals surface area (Å²) in [6.07, 6.45) is 5.87. The van der Waals surface area contributed by atoms with E-state index in [1.165, 1.54) is 5.57 Å². The van der Waals surface area contributed by atoms with Crippen LogP contribution in [-0.2, 0) is 0 Å². The zero-order valence-corrected chi connectivity index (χ0v) is 14.1. The lowest BCUT2D eigenvalue weighted by molar-refractivity contribution is -0.204. The molecule has 4 aliphatic carbocycles. The Labute approximate surface area is 137 Å². The molecule has 0 saturated heterocycles. The maximum absolute atomic E-state index is 14.7. The zero-order valence-electron chi connectivity index (χ0n) is 14.1. The average Bonchev–Trinajstić information content (AvgIpc) is 2.72. The zero-order chi connectivity index (χ0) is 16.6. The van der Waals surface area contributed by atoms with Gasteiger partial charge in [-0.05, 0) is 61.7 Å². The van der Waals surface area contributed by atoms with Crippen LogP contribution in [0.5, 0.6) is 0 Å². The first kappa shape index (κ1) is 16.0. The van der Waals surface area contributed by atoms with Crippen molar-refractivity contribution in [2.45, 2.75) is 76.9 Å². The van der Waals surface area contributed by atoms with Crippen LogP contribution in [0.25, 0.3) is 0 Å². The van der Waals surface area contributed by atoms with Crippen molar-refractivity contribution < 1.29 is 19.7 Å². The molecule has 8 atom stereocenters. The van der Waals surface area contributed by atoms with E-state index in [9.17, 15) is 19.7 Å². The smallest absolute Gasteiger partial charge is 0.212 e. The standard InChI is InChI=1S/C19H29FO3/c1-17-6-3-12(21)9-11(17)10-15(22)16-13(17)4-7-18(2)14(16)5-8-19(18,20)23/h10,12-16,21-23H,3-9H2,1-2H3/t12?,13-,14+,15?,16-,17+,18+,19?/m1/s1. The highest BCUT2D eigenvalue weighted by atomic mass is 19.2. The van der Waals surface area contributed by atoms with Gasteiger partial charge in [-0.1, -0.05) is 25.5 Å². The Morgan fingerprint density at radius 3 is 2.48 bits per heavy atom. The molecule has 3 nitrogen and oxygen atoms in total. The highest BCUT2D eigenvalue weighted by Crippen LogP contribution is 2.67. The van der Waals surface area contributed by atoms with Crippen molar-refractivity contribution in [1.29, 1.82) is 0 Å². The molecule has 4 rings (SSSR count). The van der Waals surface area contributed by atoms with Crippen molar-refractivity contribution in [3.05, 3.63) is 11.6 Å². The Bertz CT molecular complexity index is 545. The summed E-state index contributed by atoms with van der Waals surface area (Å²) in [5, 5.41) is 31.1. The van der Waals surface area contributed by atoms with Crippen molar-refractivity contribution in [1.82, 2.24) is 0 Å². The van der Waals surface area contributed by atoms with Gasteiger partial charge in [0.15, 0.2) is 0 Å². The van der Waals surface area contributed by atoms with Crippen molar-refractivity contribution in [2.75, 3.05) is 0 Å². The minimum Gasteiger partial charge on any atom is -0.393 e. The van der Waals surface area contributed by atoms with Gasteiger partial charge < -0.3 is 15.3 Å². The SMILES string of the molecule is C[C@]12CCC(O)CC1=CC(O)[C@@H]1[C@H]2CC[C@@]2(C)[C@H]1CCC2(O)F. The second-order valence-corrected chi connectivity index (χ2v) is 9.04. The molecular formula is C19H29FO3. The molecular weight excluding hydrogens is 295 g/mol. The number of alkyl halides is 1. The van der Waals surface area contributed by atoms with Gasteiger partial charge in [0.05, 0.1) is 12.2 Å². The quantitative estimate of drug-likeness (QED) is 0.600. The molecule has 130 valence electrons. The molecule has 3 saturated carbocycles. The molecule has 0 aromatic carbocycles. The van der Waals surface area contributed by atoms with Gasteiger partial charge in [0.25, 0.3) is 0 Å². The van der Waals surface area contributed by atoms with E-state index in [0.717, 1.165) is 19.3 Å². The lowest BCUT2D eigenvalue weighted by atomic mass is 9.47. The number of hydrogen-bond donors (Lipinski definition) is 3. The molecule has 3 unspecified atom stereocenters. The van der Waals surface area contributed by atoms with Crippen LogP contribution in [0.2, 0.25) is 0 Å². The van der Waals surface area contributed by atoms with Gasteiger partial charge in [-0.25, -0.2) is 4.39 Å². The van der Waals surface area contributed by atoms with E-state index < -0.39 is 17.4 Å². The maximum atomic E-state index is 14.7. The summed E-state index contributed by atoms with van der Waals surface area (Å²) in [6, 6.07) is 0. The minimum atomic E-state index is -2.10. The van der Waals surface area contributed by atoms with Crippen LogP contribution in [0.3, 0.4) is 0 Å². The highest BCUT2D eigenvalue weighted by molar-refractivity contribution is 5.28. The van der Waals surface area contributed by atoms with Crippen molar-refractivity contribution in [2.24, 2.45) is 28.6 Å². The second kappa shape index (κ2) is 4.80. The topological polar surface area (TPSA) is 60.7 Å². The number of aliphatic hydroxyl groups excluding tert-OH is 2. The fourth-order valence-electron chi connectivity index (χ4n) is 6.59. The average molecular weight is 324 g/mol. The predicted octanol–water partition coefficient (Wildman–Crippen LogP) is 2.94. The molecule has 0 amide bonds. The predicted molar refractivity (Wildman–Crippen MR) is 85.2 cm³/mol. The van der Waals surface area contributed by atoms with Gasteiger partial charge >= 0.3 is 0 Å². The van der Waals surface area contributed by atoms with Crippen LogP contribution in [0.4, 0.5) is 4.39 Å². The molecule has 0 aromatic heterocycles. The maximum Gasteiger partial charge on any atom is 0.212 e. The summed E-state index contributed by atoms with van der Waals surface area (Å²) in [7, 11) is 0. The summed E-state index contributed by atoms with van der Waals surface area (Å²) in [4.78, 5) is 0. The molecule has 0 spiro atoms. The van der Waals surface area contributed by atoms with Crippen molar-refractivity contribution >= 4 is 0 Å². The number of hydrogen-bond acceptors (Lipinski definition) is 3. The Hall–Kier alpha value is -0.450. The lowest BCUT2D eigenvalue weighted by Crippen LogP contribution is -2.56. The van der Waals surface area contributed by atoms with Crippen molar-refractivity contribution in [3.8, 4) is 0 Å². The fourth-order valence-corrected chi connectivity index (χ4v) is 6.59. The third-order valence-corrected chi connectivity index (χ3v) is 8.15. The molecule has 4 heteroatoms. The molecule has 23 heavy (non-hydrogen) atoms. The van der Waals surface area contributed by atoms with Gasteiger partial charge in [-0.15, -0.1) is 0 Å². The Balaban J connectivity index is 1.74. The van der Waals surface area contributed by atoms with E-state index in [1.54, 1.807) is 0 Å². The molecule has 3 N–H and O–H groups in total. The molecule has 0 aromatic rings. The van der Waals surface area contributed by atoms with Crippen LogP contribution < -0.4 is 0 Å². The van der Waals surface area contributed by atoms with E-state index in [0.29, 0.717) is 25.2 Å². The Kier molecular flexibility index (Phi) is 3.35. The fraction of sp³-hybridized carbons (Fsp3) is 0.895. The first-order chi connectivity index (χ1) is 10.7. The van der Waals surface area contributed by atoms with E-state index >= 15 is 0 Å². The summed E-state index contributed by atoms with van der Waals surface area (Å²) in [6.45, 7) is 4.15. The number of halogens is 1. The number of rotatable bonds is 0. The Morgan fingerprint density at radius 1 is 1.04 bits per heavy atom. The third kappa shape index (κ3) is 1.98. The first-order valence-corrected chi connectivity index (χ1v) is 9.18. The lowest BCUT2D eigenvalue weighted by Gasteiger charge is -2.59. The van der Waals surface area contributed by atoms with Crippen LogP contribution >= 0.6 is 0 Å². The van der Waals surface area contributed by atoms with E-state index in [4.69, 9.17) is 0 Å². The molecule has 3 fully saturated rings. The molecule has 0 aliphatic heterocycles. The van der Waals surface area contributed by atoms with Crippen LogP contribution in [0, 0.1) is 28.6 Å². The van der Waals surface area contributed by atoms with Gasteiger partial charge in [-0.2, -0.15) is 0 Å². The number of aliphatic hydroxyl groups is 3. The minimum absolute atomic E-state index is 0.0154. The van der Waals surface area contributed by atoms with Crippen LogP contribution in [0.1, 0.15) is 58.8 Å². The van der Waals surface area contributed by atoms with Gasteiger partial charge in [0.1, 0.15) is 0 Å². The summed E-state index contributed by atoms with van der Waals surface area (Å²) < 4.78 is 14.7. The largest absolute Gasteiger partial charge is 0.393 e. The van der Waals surface area contributed by atoms with Gasteiger partial charge in [0.2, 0.25) is 5.85 Å². The Morgan fingerprint density at radius 2 is 1.74 bits per heavy atom. The van der Waals surface area contributed by atoms with Gasteiger partial charge in [-0.3, -0.25) is 0 Å². The molecule has 0 radical (unpaired) electrons. The summed E-state index contributed by atoms with van der Waals surface area (Å²) >= 11 is 0. The number of fused-ring (bicyclic) bond motifs is 5. The van der Waals surface area contributed by atoms with Crippen LogP contribution in [-0.4, -0.2) is 33.4 Å². The molecule has 4 aliphatic rings. The molecule has 0 heterocycles. The van der Waals surface area contributed by atoms with E-state index in [-0.39, 0.29) is 29.8 Å². The van der Waals surface area contributed by atoms with E-state index in [1.807, 2.05) is 13.0 Å². The molecule has 0 bridgehead atoms. The van der Waals surface area contributed by atoms with E-state index in [2.05, 4.69) is 6.92 Å². The summed E-state index contributed by atoms with van der Waals surface area (Å²) in [5.74, 6) is -1.71. The summed E-state index contributed by atoms with van der Waals surface area (Å²) in [5.41, 5.74) is 0.481. The third-order valence-electron chi connectivity index (χ3n) is 8.15. The van der Waals surface area contributed by atoms with Crippen LogP contribution in [0.15, 0.2) is 11.6 Å². The normalized spacial score (nSPS) is 58.9. The van der Waals surface area contributed by atoms with Crippen molar-refractivity contribution in [3.63, 3.8) is 0 Å². The monoisotopic (exact) mass is 324 g/mol. The first-order valence-electron chi connectivity index (χ1n) is 9.18. The second-order valence-electron chi connectivity index (χ2n) is 9.04. The highest BCUT2D eigenvalue weighted by Gasteiger charge is 2.65.